The number of methoxy groups -OCH3 is 2. The minimum Gasteiger partial charge on any atom is -0.493 e. The lowest BCUT2D eigenvalue weighted by molar-refractivity contribution is 0.209. The van der Waals surface area contributed by atoms with E-state index in [9.17, 15) is 9.59 Å². The summed E-state index contributed by atoms with van der Waals surface area (Å²) in [5.41, 5.74) is 3.85. The number of urea groups is 1. The monoisotopic (exact) mass is 471 g/mol. The second-order valence-electron chi connectivity index (χ2n) is 8.37. The van der Waals surface area contributed by atoms with Crippen LogP contribution in [0, 0.1) is 6.92 Å². The third-order valence-corrected chi connectivity index (χ3v) is 5.87. The first kappa shape index (κ1) is 23.9. The van der Waals surface area contributed by atoms with Crippen molar-refractivity contribution < 1.29 is 14.3 Å². The summed E-state index contributed by atoms with van der Waals surface area (Å²) in [5, 5.41) is 3.86. The zero-order valence-electron chi connectivity index (χ0n) is 20.1. The number of nitrogens with zero attached hydrogens (tertiary/aromatic N) is 1. The second kappa shape index (κ2) is 10.8. The molecule has 0 fully saturated rings. The topological polar surface area (TPSA) is 83.7 Å². The number of aromatic nitrogens is 1. The van der Waals surface area contributed by atoms with E-state index in [0.29, 0.717) is 35.7 Å². The predicted octanol–water partition coefficient (Wildman–Crippen LogP) is 5.13. The quantitative estimate of drug-likeness (QED) is 0.373. The molecule has 0 aliphatic rings. The molecule has 0 atom stereocenters. The van der Waals surface area contributed by atoms with E-state index in [-0.39, 0.29) is 18.1 Å². The van der Waals surface area contributed by atoms with Crippen LogP contribution in [-0.2, 0) is 13.0 Å². The molecular weight excluding hydrogens is 442 g/mol. The summed E-state index contributed by atoms with van der Waals surface area (Å²) in [7, 11) is 3.18. The molecule has 1 heterocycles. The lowest BCUT2D eigenvalue weighted by atomic mass is 10.1. The van der Waals surface area contributed by atoms with E-state index >= 15 is 0 Å². The summed E-state index contributed by atoms with van der Waals surface area (Å²) in [4.78, 5) is 30.7. The van der Waals surface area contributed by atoms with Gasteiger partial charge in [-0.3, -0.25) is 4.79 Å². The predicted molar refractivity (Wildman–Crippen MR) is 138 cm³/mol. The molecule has 0 aliphatic carbocycles. The van der Waals surface area contributed by atoms with Crippen LogP contribution in [0.2, 0.25) is 0 Å². The molecule has 2 amide bonds. The lowest BCUT2D eigenvalue weighted by Gasteiger charge is -2.23. The van der Waals surface area contributed by atoms with Crippen molar-refractivity contribution in [2.24, 2.45) is 0 Å². The molecule has 1 aromatic heterocycles. The molecule has 0 unspecified atom stereocenters. The van der Waals surface area contributed by atoms with Crippen molar-refractivity contribution in [1.29, 1.82) is 0 Å². The number of benzene rings is 3. The Balaban J connectivity index is 1.59. The highest BCUT2D eigenvalue weighted by Gasteiger charge is 2.17. The van der Waals surface area contributed by atoms with Gasteiger partial charge in [0.25, 0.3) is 5.56 Å². The van der Waals surface area contributed by atoms with Crippen LogP contribution in [0.5, 0.6) is 11.5 Å². The molecular formula is C28H29N3O4. The van der Waals surface area contributed by atoms with E-state index in [1.165, 1.54) is 0 Å². The summed E-state index contributed by atoms with van der Waals surface area (Å²) in [6.07, 6.45) is 0.577. The maximum atomic E-state index is 13.2. The number of nitrogens with one attached hydrogen (secondary N) is 2. The molecule has 180 valence electrons. The smallest absolute Gasteiger partial charge is 0.322 e. The number of H-pyrrole nitrogens is 1. The number of para-hydroxylation sites is 1. The van der Waals surface area contributed by atoms with Crippen molar-refractivity contribution in [2.75, 3.05) is 26.1 Å². The fourth-order valence-electron chi connectivity index (χ4n) is 3.96. The van der Waals surface area contributed by atoms with E-state index in [1.54, 1.807) is 19.1 Å². The van der Waals surface area contributed by atoms with E-state index in [0.717, 1.165) is 22.0 Å². The highest BCUT2D eigenvalue weighted by Crippen LogP contribution is 2.28. The number of hydrogen-bond donors (Lipinski definition) is 2. The molecule has 0 bridgehead atoms. The first-order valence-electron chi connectivity index (χ1n) is 11.4. The Morgan fingerprint density at radius 1 is 0.943 bits per heavy atom. The van der Waals surface area contributed by atoms with Crippen molar-refractivity contribution >= 4 is 22.6 Å². The summed E-state index contributed by atoms with van der Waals surface area (Å²) < 4.78 is 10.7. The van der Waals surface area contributed by atoms with E-state index in [4.69, 9.17) is 9.47 Å². The van der Waals surface area contributed by atoms with Gasteiger partial charge >= 0.3 is 6.03 Å². The number of rotatable bonds is 8. The van der Waals surface area contributed by atoms with Gasteiger partial charge < -0.3 is 24.7 Å². The van der Waals surface area contributed by atoms with E-state index in [2.05, 4.69) is 10.3 Å². The average Bonchev–Trinajstić information content (AvgIpc) is 2.87. The van der Waals surface area contributed by atoms with Crippen molar-refractivity contribution in [1.82, 2.24) is 9.88 Å². The highest BCUT2D eigenvalue weighted by atomic mass is 16.5. The van der Waals surface area contributed by atoms with Gasteiger partial charge in [-0.25, -0.2) is 4.79 Å². The Bertz CT molecular complexity index is 1380. The maximum Gasteiger partial charge on any atom is 0.322 e. The van der Waals surface area contributed by atoms with Gasteiger partial charge in [0.1, 0.15) is 0 Å². The Morgan fingerprint density at radius 3 is 2.46 bits per heavy atom. The van der Waals surface area contributed by atoms with Gasteiger partial charge in [0, 0.05) is 23.3 Å². The molecule has 4 rings (SSSR count). The number of carbonyl (C=O) groups excluding carboxylic acids is 1. The number of pyridine rings is 1. The lowest BCUT2D eigenvalue weighted by Crippen LogP contribution is -2.37. The Morgan fingerprint density at radius 2 is 1.71 bits per heavy atom. The molecule has 7 heteroatoms. The Labute approximate surface area is 204 Å². The average molecular weight is 472 g/mol. The van der Waals surface area contributed by atoms with Crippen LogP contribution in [0.3, 0.4) is 0 Å². The first-order valence-corrected chi connectivity index (χ1v) is 11.4. The van der Waals surface area contributed by atoms with Crippen LogP contribution >= 0.6 is 0 Å². The van der Waals surface area contributed by atoms with Crippen molar-refractivity contribution in [3.63, 3.8) is 0 Å². The number of amides is 2. The zero-order valence-corrected chi connectivity index (χ0v) is 20.1. The van der Waals surface area contributed by atoms with Crippen LogP contribution in [0.1, 0.15) is 16.7 Å². The van der Waals surface area contributed by atoms with Crippen LogP contribution in [-0.4, -0.2) is 36.7 Å². The highest BCUT2D eigenvalue weighted by molar-refractivity contribution is 5.89. The standard InChI is InChI=1S/C28H29N3O4/c1-19-9-11-21-17-22(27(32)30-24(21)15-19)18-31(28(33)29-23-7-5-4-6-8-23)14-13-20-10-12-25(34-2)26(16-20)35-3/h4-12,15-17H,13-14,18H2,1-3H3,(H,29,33)(H,30,32). The minimum absolute atomic E-state index is 0.172. The number of ether oxygens (including phenoxy) is 2. The van der Waals surface area contributed by atoms with Crippen LogP contribution in [0.4, 0.5) is 10.5 Å². The number of aryl methyl sites for hydroxylation is 1. The molecule has 0 saturated heterocycles. The molecule has 3 aromatic carbocycles. The minimum atomic E-state index is -0.278. The van der Waals surface area contributed by atoms with Crippen LogP contribution < -0.4 is 20.3 Å². The van der Waals surface area contributed by atoms with Gasteiger partial charge in [-0.2, -0.15) is 0 Å². The summed E-state index contributed by atoms with van der Waals surface area (Å²) in [6.45, 7) is 2.56. The van der Waals surface area contributed by atoms with Crippen molar-refractivity contribution in [3.8, 4) is 11.5 Å². The number of fused-ring (bicyclic) bond motifs is 1. The summed E-state index contributed by atoms with van der Waals surface area (Å²) in [5.74, 6) is 1.28. The third-order valence-electron chi connectivity index (χ3n) is 5.87. The fourth-order valence-corrected chi connectivity index (χ4v) is 3.96. The summed E-state index contributed by atoms with van der Waals surface area (Å²) >= 11 is 0. The molecule has 0 radical (unpaired) electrons. The Kier molecular flexibility index (Phi) is 7.35. The van der Waals surface area contributed by atoms with Crippen molar-refractivity contribution in [2.45, 2.75) is 19.9 Å². The summed E-state index contributed by atoms with van der Waals surface area (Å²) in [6, 6.07) is 22.5. The molecule has 2 N–H and O–H groups in total. The number of carbonyl (C=O) groups is 1. The number of hydrogen-bond acceptors (Lipinski definition) is 4. The zero-order chi connectivity index (χ0) is 24.8. The van der Waals surface area contributed by atoms with Gasteiger partial charge in [0.2, 0.25) is 0 Å². The van der Waals surface area contributed by atoms with E-state index in [1.807, 2.05) is 79.7 Å². The molecule has 0 saturated carbocycles. The fraction of sp³-hybridized carbons (Fsp3) is 0.214. The number of aromatic amines is 1. The SMILES string of the molecule is COc1ccc(CCN(Cc2cc3ccc(C)cc3[nH]c2=O)C(=O)Nc2ccccc2)cc1OC. The maximum absolute atomic E-state index is 13.2. The molecule has 35 heavy (non-hydrogen) atoms. The van der Waals surface area contributed by atoms with Gasteiger partial charge in [-0.1, -0.05) is 36.4 Å². The first-order chi connectivity index (χ1) is 17.0. The van der Waals surface area contributed by atoms with Gasteiger partial charge in [0.05, 0.1) is 20.8 Å². The van der Waals surface area contributed by atoms with Crippen LogP contribution in [0.15, 0.2) is 77.6 Å². The van der Waals surface area contributed by atoms with E-state index < -0.39 is 0 Å². The van der Waals surface area contributed by atoms with Crippen LogP contribution in [0.25, 0.3) is 10.9 Å². The van der Waals surface area contributed by atoms with Gasteiger partial charge in [-0.05, 0) is 66.3 Å². The van der Waals surface area contributed by atoms with Gasteiger partial charge in [0.15, 0.2) is 11.5 Å². The second-order valence-corrected chi connectivity index (χ2v) is 8.37. The number of anilines is 1. The molecule has 4 aromatic rings. The largest absolute Gasteiger partial charge is 0.493 e. The normalized spacial score (nSPS) is 10.7. The van der Waals surface area contributed by atoms with Gasteiger partial charge in [-0.15, -0.1) is 0 Å². The molecule has 0 aliphatic heterocycles. The molecule has 0 spiro atoms. The third kappa shape index (κ3) is 5.81. The Hall–Kier alpha value is -4.26. The molecule has 7 nitrogen and oxygen atoms in total. The van der Waals surface area contributed by atoms with Crippen molar-refractivity contribution in [3.05, 3.63) is 99.8 Å².